The number of carboxylic acids is 1. The Kier molecular flexibility index (Phi) is 25.8. The van der Waals surface area contributed by atoms with Gasteiger partial charge in [-0.15, -0.1) is 0 Å². The van der Waals surface area contributed by atoms with Crippen LogP contribution in [0.15, 0.2) is 94.9 Å². The SMILES string of the molecule is NC(N)=NCCCC(NC(=O)C(Cc1ccccc1)NC(=O)C1CCCN1C(=O)C(CO)NC(=O)C(Cc1ccccc1)NC(=O)CNC(=O)C1CCCN1C(=O)C1CCCN1C(=O)C(CCCN=C(N)N)NC(=O)C(N)Cc1ccc(O)cc1)C(=O)O. The van der Waals surface area contributed by atoms with E-state index >= 15 is 0 Å². The minimum atomic E-state index is -1.62. The first-order chi connectivity index (χ1) is 42.1. The van der Waals surface area contributed by atoms with E-state index in [1.807, 2.05) is 0 Å². The van der Waals surface area contributed by atoms with Crippen LogP contribution in [0.25, 0.3) is 0 Å². The number of carbonyl (C=O) groups excluding carboxylic acids is 9. The Morgan fingerprint density at radius 3 is 1.51 bits per heavy atom. The highest BCUT2D eigenvalue weighted by molar-refractivity contribution is 5.98. The fourth-order valence-corrected chi connectivity index (χ4v) is 10.9. The molecule has 3 aromatic carbocycles. The largest absolute Gasteiger partial charge is 0.508 e. The summed E-state index contributed by atoms with van der Waals surface area (Å²) in [6, 6.07) is 12.4. The predicted octanol–water partition coefficient (Wildman–Crippen LogP) is -3.56. The topological polar surface area (TPSA) is 468 Å². The lowest BCUT2D eigenvalue weighted by atomic mass is 10.0. The Morgan fingerprint density at radius 1 is 0.523 bits per heavy atom. The predicted molar refractivity (Wildman–Crippen MR) is 321 cm³/mol. The number of nitrogens with one attached hydrogen (secondary N) is 6. The van der Waals surface area contributed by atoms with Crippen LogP contribution in [0.4, 0.5) is 0 Å². The molecule has 3 aliphatic rings. The molecule has 88 heavy (non-hydrogen) atoms. The van der Waals surface area contributed by atoms with E-state index in [4.69, 9.17) is 28.7 Å². The standard InChI is InChI=1S/C59H82N16O13/c60-39(30-37-21-23-38(77)24-22-37)49(79)69-40(16-7-25-65-58(61)62)54(84)75-29-11-20-47(75)56(86)74-28-9-18-45(74)52(82)67-33-48(78)68-42(31-35-12-3-1-4-13-35)50(80)72-44(34-76)55(85)73-27-10-19-46(73)53(83)71-43(32-36-14-5-2-6-15-36)51(81)70-41(57(87)88)17-8-26-66-59(63)64/h1-6,12-15,21-24,39-47,76-77H,7-11,16-20,25-34,60H2,(H,67,82)(H,68,78)(H,69,79)(H,70,81)(H,71,83)(H,72,80)(H,87,88)(H4,61,62,65)(H4,63,64,66). The van der Waals surface area contributed by atoms with E-state index < -0.39 is 127 Å². The number of likely N-dealkylation sites (tertiary alicyclic amines) is 3. The number of hydrogen-bond acceptors (Lipinski definition) is 15. The molecule has 3 aromatic rings. The first-order valence-corrected chi connectivity index (χ1v) is 29.4. The Labute approximate surface area is 509 Å². The fraction of sp³-hybridized carbons (Fsp3) is 0.492. The smallest absolute Gasteiger partial charge is 0.326 e. The maximum absolute atomic E-state index is 14.4. The third-order valence-electron chi connectivity index (χ3n) is 15.4. The maximum atomic E-state index is 14.4. The van der Waals surface area contributed by atoms with Gasteiger partial charge in [0.15, 0.2) is 11.9 Å². The summed E-state index contributed by atoms with van der Waals surface area (Å²) in [5.41, 5.74) is 29.9. The number of phenolic OH excluding ortho intramolecular Hbond substituents is 1. The molecule has 0 aliphatic carbocycles. The normalized spacial score (nSPS) is 18.2. The summed E-state index contributed by atoms with van der Waals surface area (Å²) in [4.78, 5) is 150. The van der Waals surface area contributed by atoms with Crippen LogP contribution in [0.3, 0.4) is 0 Å². The first-order valence-electron chi connectivity index (χ1n) is 29.4. The number of benzene rings is 3. The molecule has 0 radical (unpaired) electrons. The van der Waals surface area contributed by atoms with Crippen LogP contribution in [-0.2, 0) is 67.2 Å². The number of hydrogen-bond donors (Lipinski definition) is 14. The molecule has 0 aromatic heterocycles. The molecule has 476 valence electrons. The molecule has 3 aliphatic heterocycles. The minimum absolute atomic E-state index is 0.0315. The molecule has 3 heterocycles. The van der Waals surface area contributed by atoms with E-state index in [1.165, 1.54) is 26.8 Å². The zero-order valence-electron chi connectivity index (χ0n) is 49.0. The van der Waals surface area contributed by atoms with Crippen LogP contribution in [0, 0.1) is 0 Å². The van der Waals surface area contributed by atoms with Crippen molar-refractivity contribution < 1.29 is 63.3 Å². The van der Waals surface area contributed by atoms with Crippen molar-refractivity contribution in [2.24, 2.45) is 38.7 Å². The second-order valence-corrected chi connectivity index (χ2v) is 21.9. The van der Waals surface area contributed by atoms with Gasteiger partial charge in [-0.05, 0) is 99.5 Å². The molecular formula is C59H82N16O13. The highest BCUT2D eigenvalue weighted by atomic mass is 16.4. The summed E-state index contributed by atoms with van der Waals surface area (Å²) in [7, 11) is 0. The first kappa shape index (κ1) is 67.7. The molecule has 19 N–H and O–H groups in total. The highest BCUT2D eigenvalue weighted by Crippen LogP contribution is 2.27. The summed E-state index contributed by atoms with van der Waals surface area (Å²) in [6.07, 6.45) is 2.37. The maximum Gasteiger partial charge on any atom is 0.326 e. The number of carbonyl (C=O) groups is 10. The monoisotopic (exact) mass is 1220 g/mol. The van der Waals surface area contributed by atoms with Crippen molar-refractivity contribution in [2.75, 3.05) is 45.9 Å². The van der Waals surface area contributed by atoms with E-state index in [2.05, 4.69) is 41.9 Å². The van der Waals surface area contributed by atoms with Gasteiger partial charge in [-0.1, -0.05) is 72.8 Å². The average molecular weight is 1220 g/mol. The van der Waals surface area contributed by atoms with Crippen LogP contribution in [0.5, 0.6) is 5.75 Å². The number of nitrogens with zero attached hydrogens (tertiary/aromatic N) is 5. The summed E-state index contributed by atoms with van der Waals surface area (Å²) < 4.78 is 0. The van der Waals surface area contributed by atoms with E-state index in [9.17, 15) is 63.3 Å². The summed E-state index contributed by atoms with van der Waals surface area (Å²) in [5, 5.41) is 45.8. The zero-order chi connectivity index (χ0) is 63.9. The van der Waals surface area contributed by atoms with Gasteiger partial charge >= 0.3 is 5.97 Å². The van der Waals surface area contributed by atoms with E-state index in [0.29, 0.717) is 36.0 Å². The van der Waals surface area contributed by atoms with Gasteiger partial charge in [-0.25, -0.2) is 4.79 Å². The van der Waals surface area contributed by atoms with Crippen LogP contribution in [-0.4, -0.2) is 201 Å². The average Bonchev–Trinajstić information content (AvgIpc) is 3.52. The number of guanidine groups is 2. The van der Waals surface area contributed by atoms with Gasteiger partial charge in [-0.2, -0.15) is 0 Å². The van der Waals surface area contributed by atoms with Crippen molar-refractivity contribution in [1.82, 2.24) is 46.6 Å². The van der Waals surface area contributed by atoms with Crippen molar-refractivity contribution in [3.8, 4) is 5.75 Å². The van der Waals surface area contributed by atoms with Gasteiger partial charge in [-0.3, -0.25) is 53.1 Å². The van der Waals surface area contributed by atoms with Crippen LogP contribution >= 0.6 is 0 Å². The van der Waals surface area contributed by atoms with Gasteiger partial charge in [0.05, 0.1) is 19.2 Å². The van der Waals surface area contributed by atoms with Gasteiger partial charge in [0, 0.05) is 45.6 Å². The minimum Gasteiger partial charge on any atom is -0.508 e. The van der Waals surface area contributed by atoms with Crippen molar-refractivity contribution in [3.63, 3.8) is 0 Å². The molecule has 29 heteroatoms. The zero-order valence-corrected chi connectivity index (χ0v) is 49.0. The molecule has 9 atom stereocenters. The second kappa shape index (κ2) is 33.5. The fourth-order valence-electron chi connectivity index (χ4n) is 10.9. The van der Waals surface area contributed by atoms with Crippen LogP contribution in [0.2, 0.25) is 0 Å². The molecule has 6 rings (SSSR count). The van der Waals surface area contributed by atoms with Gasteiger partial charge in [0.2, 0.25) is 53.2 Å². The highest BCUT2D eigenvalue weighted by Gasteiger charge is 2.44. The van der Waals surface area contributed by atoms with Crippen LogP contribution < -0.4 is 60.6 Å². The lowest BCUT2D eigenvalue weighted by Crippen LogP contribution is -2.60. The summed E-state index contributed by atoms with van der Waals surface area (Å²) in [6.45, 7) is -0.919. The van der Waals surface area contributed by atoms with Crippen molar-refractivity contribution in [1.29, 1.82) is 0 Å². The number of aliphatic carboxylic acids is 1. The van der Waals surface area contributed by atoms with Gasteiger partial charge < -0.3 is 90.6 Å². The van der Waals surface area contributed by atoms with Crippen LogP contribution in [0.1, 0.15) is 80.9 Å². The lowest BCUT2D eigenvalue weighted by Gasteiger charge is -2.33. The van der Waals surface area contributed by atoms with E-state index in [1.54, 1.807) is 72.8 Å². The van der Waals surface area contributed by atoms with Gasteiger partial charge in [0.1, 0.15) is 54.1 Å². The molecule has 0 bridgehead atoms. The van der Waals surface area contributed by atoms with Gasteiger partial charge in [0.25, 0.3) is 0 Å². The molecule has 3 saturated heterocycles. The molecule has 29 nitrogen and oxygen atoms in total. The summed E-state index contributed by atoms with van der Waals surface area (Å²) in [5.74, 6) is -8.04. The number of aliphatic hydroxyl groups is 1. The Balaban J connectivity index is 1.08. The quantitative estimate of drug-likeness (QED) is 0.0168. The lowest BCUT2D eigenvalue weighted by molar-refractivity contribution is -0.148. The molecule has 0 saturated carbocycles. The molecule has 9 amide bonds. The number of aliphatic imine (C=N–C) groups is 2. The number of nitrogens with two attached hydrogens (primary N) is 5. The number of carboxylic acid groups (broad SMARTS) is 1. The Bertz CT molecular complexity index is 2970. The number of aliphatic hydroxyl groups excluding tert-OH is 1. The summed E-state index contributed by atoms with van der Waals surface area (Å²) >= 11 is 0. The molecular weight excluding hydrogens is 1140 g/mol. The molecule has 0 spiro atoms. The third kappa shape index (κ3) is 20.1. The van der Waals surface area contributed by atoms with Crippen molar-refractivity contribution in [3.05, 3.63) is 102 Å². The second-order valence-electron chi connectivity index (χ2n) is 21.9. The Hall–Kier alpha value is -9.38. The van der Waals surface area contributed by atoms with E-state index in [-0.39, 0.29) is 115 Å². The third-order valence-corrected chi connectivity index (χ3v) is 15.4. The van der Waals surface area contributed by atoms with Crippen molar-refractivity contribution in [2.45, 2.75) is 138 Å². The van der Waals surface area contributed by atoms with E-state index in [0.717, 1.165) is 0 Å². The number of rotatable bonds is 31. The van der Waals surface area contributed by atoms with Crippen molar-refractivity contribution >= 4 is 71.1 Å². The number of aromatic hydroxyl groups is 1. The molecule has 9 unspecified atom stereocenters. The number of amides is 9. The number of phenols is 1. The molecule has 3 fully saturated rings. The Morgan fingerprint density at radius 2 is 0.977 bits per heavy atom.